The number of aliphatic hydroxyl groups is 1. The van der Waals surface area contributed by atoms with Crippen LogP contribution in [0, 0.1) is 5.92 Å². The van der Waals surface area contributed by atoms with Gasteiger partial charge in [-0.2, -0.15) is 0 Å². The van der Waals surface area contributed by atoms with Gasteiger partial charge in [-0.1, -0.05) is 24.3 Å². The molecule has 0 atom stereocenters. The molecule has 2 aromatic carbocycles. The molecule has 0 radical (unpaired) electrons. The summed E-state index contributed by atoms with van der Waals surface area (Å²) >= 11 is 0. The van der Waals surface area contributed by atoms with Crippen molar-refractivity contribution in [1.29, 1.82) is 0 Å². The summed E-state index contributed by atoms with van der Waals surface area (Å²) in [5.74, 6) is 1.39. The Morgan fingerprint density at radius 3 is 2.00 bits per heavy atom. The quantitative estimate of drug-likeness (QED) is 0.745. The van der Waals surface area contributed by atoms with E-state index in [2.05, 4.69) is 4.90 Å². The van der Waals surface area contributed by atoms with Crippen molar-refractivity contribution < 1.29 is 18.3 Å². The molecule has 1 saturated heterocycles. The molecule has 0 spiro atoms. The minimum Gasteiger partial charge on any atom is -0.493 e. The number of benzene rings is 2. The summed E-state index contributed by atoms with van der Waals surface area (Å²) in [4.78, 5) is 2.65. The fraction of sp³-hybridized carbons (Fsp3) is 0.478. The molecule has 5 nitrogen and oxygen atoms in total. The van der Waals surface area contributed by atoms with Crippen molar-refractivity contribution >= 4 is 9.84 Å². The summed E-state index contributed by atoms with van der Waals surface area (Å²) in [5, 5.41) is 9.95. The van der Waals surface area contributed by atoms with E-state index in [4.69, 9.17) is 4.74 Å². The number of nitrogens with zero attached hydrogens (tertiary/aromatic N) is 1. The van der Waals surface area contributed by atoms with Gasteiger partial charge in [0.05, 0.1) is 17.1 Å². The molecule has 6 heteroatoms. The molecule has 1 fully saturated rings. The third-order valence-electron chi connectivity index (χ3n) is 5.27. The fourth-order valence-electron chi connectivity index (χ4n) is 3.71. The van der Waals surface area contributed by atoms with E-state index in [1.807, 2.05) is 50.2 Å². The Morgan fingerprint density at radius 2 is 1.52 bits per heavy atom. The van der Waals surface area contributed by atoms with Gasteiger partial charge in [-0.3, -0.25) is 0 Å². The topological polar surface area (TPSA) is 66.8 Å². The average Bonchev–Trinajstić information content (AvgIpc) is 2.66. The molecule has 2 aromatic rings. The summed E-state index contributed by atoms with van der Waals surface area (Å²) in [6.45, 7) is 7.13. The summed E-state index contributed by atoms with van der Waals surface area (Å²) in [6, 6.07) is 14.8. The van der Waals surface area contributed by atoms with E-state index in [1.165, 1.54) is 6.26 Å². The summed E-state index contributed by atoms with van der Waals surface area (Å²) in [5.41, 5.74) is 1.36. The molecule has 1 N–H and O–H groups in total. The number of sulfone groups is 1. The first-order valence-electron chi connectivity index (χ1n) is 10.1. The molecule has 0 aromatic heterocycles. The van der Waals surface area contributed by atoms with E-state index in [0.29, 0.717) is 24.0 Å². The number of hydrogen-bond donors (Lipinski definition) is 1. The second kappa shape index (κ2) is 8.86. The van der Waals surface area contributed by atoms with Crippen LogP contribution in [0.4, 0.5) is 0 Å². The monoisotopic (exact) mass is 417 g/mol. The summed E-state index contributed by atoms with van der Waals surface area (Å²) in [7, 11) is -3.17. The highest BCUT2D eigenvalue weighted by Gasteiger charge is 2.24. The SMILES string of the molecule is CC(C)(O)CN1CCC(COc2ccc(-c3ccc(S(C)(=O)=O)cc3)cc2)CC1. The number of likely N-dealkylation sites (tertiary alicyclic amines) is 1. The van der Waals surface area contributed by atoms with Crippen molar-refractivity contribution in [3.8, 4) is 16.9 Å². The molecule has 1 aliphatic heterocycles. The maximum Gasteiger partial charge on any atom is 0.175 e. The van der Waals surface area contributed by atoms with Crippen molar-refractivity contribution in [2.24, 2.45) is 5.92 Å². The van der Waals surface area contributed by atoms with E-state index in [0.717, 1.165) is 42.8 Å². The molecule has 3 rings (SSSR count). The van der Waals surface area contributed by atoms with Crippen LogP contribution in [0.25, 0.3) is 11.1 Å². The lowest BCUT2D eigenvalue weighted by atomic mass is 9.96. The van der Waals surface area contributed by atoms with Gasteiger partial charge in [0.1, 0.15) is 5.75 Å². The molecule has 0 saturated carbocycles. The van der Waals surface area contributed by atoms with Crippen molar-refractivity contribution in [3.63, 3.8) is 0 Å². The predicted molar refractivity (Wildman–Crippen MR) is 116 cm³/mol. The van der Waals surface area contributed by atoms with Gasteiger partial charge in [0.25, 0.3) is 0 Å². The normalized spacial score (nSPS) is 16.7. The molecule has 1 aliphatic rings. The lowest BCUT2D eigenvalue weighted by Gasteiger charge is -2.35. The third-order valence-corrected chi connectivity index (χ3v) is 6.40. The van der Waals surface area contributed by atoms with Gasteiger partial charge in [-0.25, -0.2) is 8.42 Å². The van der Waals surface area contributed by atoms with Crippen LogP contribution in [0.15, 0.2) is 53.4 Å². The summed E-state index contributed by atoms with van der Waals surface area (Å²) in [6.07, 6.45) is 3.38. The zero-order chi connectivity index (χ0) is 21.1. The van der Waals surface area contributed by atoms with Crippen molar-refractivity contribution in [2.45, 2.75) is 37.2 Å². The van der Waals surface area contributed by atoms with E-state index >= 15 is 0 Å². The molecular weight excluding hydrogens is 386 g/mol. The van der Waals surface area contributed by atoms with Gasteiger partial charge in [-0.15, -0.1) is 0 Å². The number of piperidine rings is 1. The van der Waals surface area contributed by atoms with E-state index < -0.39 is 15.4 Å². The average molecular weight is 418 g/mol. The van der Waals surface area contributed by atoms with Crippen LogP contribution >= 0.6 is 0 Å². The van der Waals surface area contributed by atoms with Crippen molar-refractivity contribution in [2.75, 3.05) is 32.5 Å². The molecule has 158 valence electrons. The maximum absolute atomic E-state index is 11.6. The molecule has 1 heterocycles. The molecule has 0 unspecified atom stereocenters. The Hall–Kier alpha value is -1.89. The second-order valence-electron chi connectivity index (χ2n) is 8.66. The van der Waals surface area contributed by atoms with Gasteiger partial charge >= 0.3 is 0 Å². The first kappa shape index (κ1) is 21.8. The lowest BCUT2D eigenvalue weighted by molar-refractivity contribution is 0.0212. The minimum absolute atomic E-state index is 0.329. The molecule has 0 bridgehead atoms. The highest BCUT2D eigenvalue weighted by atomic mass is 32.2. The van der Waals surface area contributed by atoms with Crippen LogP contribution in [-0.2, 0) is 9.84 Å². The van der Waals surface area contributed by atoms with E-state index in [1.54, 1.807) is 12.1 Å². The van der Waals surface area contributed by atoms with Crippen LogP contribution in [0.1, 0.15) is 26.7 Å². The molecule has 29 heavy (non-hydrogen) atoms. The lowest BCUT2D eigenvalue weighted by Crippen LogP contribution is -2.43. The highest BCUT2D eigenvalue weighted by molar-refractivity contribution is 7.90. The fourth-order valence-corrected chi connectivity index (χ4v) is 4.34. The maximum atomic E-state index is 11.6. The zero-order valence-electron chi connectivity index (χ0n) is 17.5. The summed E-state index contributed by atoms with van der Waals surface area (Å²) < 4.78 is 29.1. The molecule has 0 amide bonds. The van der Waals surface area contributed by atoms with E-state index in [9.17, 15) is 13.5 Å². The molecular formula is C23H31NO4S. The first-order chi connectivity index (χ1) is 13.6. The standard InChI is InChI=1S/C23H31NO4S/c1-23(2,25)17-24-14-12-18(13-15-24)16-28-21-8-4-19(5-9-21)20-6-10-22(11-7-20)29(3,26)27/h4-11,18,25H,12-17H2,1-3H3. The van der Waals surface area contributed by atoms with Crippen molar-refractivity contribution in [3.05, 3.63) is 48.5 Å². The van der Waals surface area contributed by atoms with Gasteiger partial charge in [0.15, 0.2) is 9.84 Å². The van der Waals surface area contributed by atoms with Gasteiger partial charge in [0.2, 0.25) is 0 Å². The Bertz CT molecular complexity index is 891. The van der Waals surface area contributed by atoms with Crippen LogP contribution in [-0.4, -0.2) is 56.5 Å². The van der Waals surface area contributed by atoms with Crippen LogP contribution in [0.5, 0.6) is 5.75 Å². The first-order valence-corrected chi connectivity index (χ1v) is 12.0. The van der Waals surface area contributed by atoms with Gasteiger partial charge in [-0.05, 0) is 81.1 Å². The predicted octanol–water partition coefficient (Wildman–Crippen LogP) is 3.62. The number of β-amino-alcohol motifs (C(OH)–C–C–N with tert-alkyl or cyclic N) is 1. The Kier molecular flexibility index (Phi) is 6.66. The van der Waals surface area contributed by atoms with E-state index in [-0.39, 0.29) is 0 Å². The number of ether oxygens (including phenoxy) is 1. The Labute approximate surface area is 174 Å². The second-order valence-corrected chi connectivity index (χ2v) is 10.7. The minimum atomic E-state index is -3.17. The highest BCUT2D eigenvalue weighted by Crippen LogP contribution is 2.25. The van der Waals surface area contributed by atoms with Gasteiger partial charge in [0, 0.05) is 12.8 Å². The third kappa shape index (κ3) is 6.56. The smallest absolute Gasteiger partial charge is 0.175 e. The number of rotatable bonds is 7. The number of hydrogen-bond acceptors (Lipinski definition) is 5. The van der Waals surface area contributed by atoms with Crippen LogP contribution in [0.3, 0.4) is 0 Å². The molecule has 0 aliphatic carbocycles. The Balaban J connectivity index is 1.50. The van der Waals surface area contributed by atoms with Crippen LogP contribution < -0.4 is 4.74 Å². The zero-order valence-corrected chi connectivity index (χ0v) is 18.3. The van der Waals surface area contributed by atoms with Gasteiger partial charge < -0.3 is 14.7 Å². The van der Waals surface area contributed by atoms with Crippen LogP contribution in [0.2, 0.25) is 0 Å². The Morgan fingerprint density at radius 1 is 1.00 bits per heavy atom. The van der Waals surface area contributed by atoms with Crippen molar-refractivity contribution in [1.82, 2.24) is 4.90 Å². The largest absolute Gasteiger partial charge is 0.493 e.